The molecule has 0 bridgehead atoms. The maximum absolute atomic E-state index is 13.1. The van der Waals surface area contributed by atoms with Gasteiger partial charge in [0.05, 0.1) is 7.11 Å². The Balaban J connectivity index is 1.68. The third-order valence-electron chi connectivity index (χ3n) is 5.45. The van der Waals surface area contributed by atoms with Crippen LogP contribution in [0.3, 0.4) is 0 Å². The summed E-state index contributed by atoms with van der Waals surface area (Å²) in [6, 6.07) is 18.9. The summed E-state index contributed by atoms with van der Waals surface area (Å²) < 4.78 is 5.17. The van der Waals surface area contributed by atoms with Gasteiger partial charge in [0.2, 0.25) is 0 Å². The van der Waals surface area contributed by atoms with Crippen LogP contribution in [-0.2, 0) is 4.79 Å². The Bertz CT molecular complexity index is 1150. The van der Waals surface area contributed by atoms with Gasteiger partial charge in [-0.25, -0.2) is 0 Å². The monoisotopic (exact) mass is 400 g/mol. The van der Waals surface area contributed by atoms with Crippen molar-refractivity contribution in [2.75, 3.05) is 17.7 Å². The summed E-state index contributed by atoms with van der Waals surface area (Å²) in [6.07, 6.45) is 2.28. The Morgan fingerprint density at radius 2 is 1.73 bits per heavy atom. The minimum Gasteiger partial charge on any atom is -0.497 e. The van der Waals surface area contributed by atoms with Crippen LogP contribution in [0, 0.1) is 0 Å². The lowest BCUT2D eigenvalue weighted by Crippen LogP contribution is -2.16. The van der Waals surface area contributed by atoms with Gasteiger partial charge >= 0.3 is 0 Å². The predicted molar refractivity (Wildman–Crippen MR) is 120 cm³/mol. The molecule has 0 aliphatic heterocycles. The number of rotatable bonds is 5. The molecule has 0 fully saturated rings. The summed E-state index contributed by atoms with van der Waals surface area (Å²) in [6.45, 7) is 1.86. The second-order valence-corrected chi connectivity index (χ2v) is 7.43. The van der Waals surface area contributed by atoms with E-state index in [0.717, 1.165) is 46.3 Å². The van der Waals surface area contributed by atoms with Crippen LogP contribution in [0.1, 0.15) is 36.5 Å². The molecular weight excluding hydrogens is 376 g/mol. The maximum atomic E-state index is 13.1. The molecule has 3 aromatic carbocycles. The van der Waals surface area contributed by atoms with Crippen molar-refractivity contribution in [2.45, 2.75) is 26.2 Å². The van der Waals surface area contributed by atoms with Crippen molar-refractivity contribution < 1.29 is 14.3 Å². The Kier molecular flexibility index (Phi) is 5.53. The highest BCUT2D eigenvalue weighted by atomic mass is 16.5. The first kappa shape index (κ1) is 19.7. The SMILES string of the molecule is COc1ccc(NC(=O)c2cc(NC3=C(C)C(=O)CCC3)cc3ccccc23)cc1. The lowest BCUT2D eigenvalue weighted by atomic mass is 9.95. The second kappa shape index (κ2) is 8.41. The normalized spacial score (nSPS) is 14.0. The summed E-state index contributed by atoms with van der Waals surface area (Å²) in [4.78, 5) is 25.2. The van der Waals surface area contributed by atoms with E-state index in [1.807, 2.05) is 55.5 Å². The molecule has 1 aliphatic rings. The molecule has 0 unspecified atom stereocenters. The standard InChI is InChI=1S/C25H24N2O3/c1-16-23(8-5-9-24(16)28)26-19-14-17-6-3-4-7-21(17)22(15-19)25(29)27-18-10-12-20(30-2)13-11-18/h3-4,6-7,10-15,26H,5,8-9H2,1-2H3,(H,27,29). The molecule has 2 N–H and O–H groups in total. The molecule has 5 nitrogen and oxygen atoms in total. The first-order chi connectivity index (χ1) is 14.5. The first-order valence-electron chi connectivity index (χ1n) is 10.0. The Hall–Kier alpha value is -3.60. The highest BCUT2D eigenvalue weighted by molar-refractivity contribution is 6.14. The number of ether oxygens (including phenoxy) is 1. The van der Waals surface area contributed by atoms with Crippen LogP contribution in [0.5, 0.6) is 5.75 Å². The molecule has 0 saturated heterocycles. The molecule has 0 saturated carbocycles. The van der Waals surface area contributed by atoms with Crippen LogP contribution < -0.4 is 15.4 Å². The zero-order valence-electron chi connectivity index (χ0n) is 17.1. The number of methoxy groups -OCH3 is 1. The van der Waals surface area contributed by atoms with Crippen molar-refractivity contribution in [3.05, 3.63) is 77.5 Å². The van der Waals surface area contributed by atoms with E-state index in [1.165, 1.54) is 0 Å². The van der Waals surface area contributed by atoms with Crippen LogP contribution in [0.25, 0.3) is 10.8 Å². The lowest BCUT2D eigenvalue weighted by molar-refractivity contribution is -0.116. The average molecular weight is 400 g/mol. The molecule has 0 radical (unpaired) electrons. The van der Waals surface area contributed by atoms with Gasteiger partial charge < -0.3 is 15.4 Å². The molecule has 5 heteroatoms. The quantitative estimate of drug-likeness (QED) is 0.590. The Morgan fingerprint density at radius 3 is 2.50 bits per heavy atom. The molecule has 1 aliphatic carbocycles. The third kappa shape index (κ3) is 4.06. The molecule has 0 heterocycles. The number of anilines is 2. The number of ketones is 1. The van der Waals surface area contributed by atoms with E-state index in [4.69, 9.17) is 4.74 Å². The largest absolute Gasteiger partial charge is 0.497 e. The number of carbonyl (C=O) groups excluding carboxylic acids is 2. The van der Waals surface area contributed by atoms with Gasteiger partial charge in [0, 0.05) is 34.6 Å². The molecule has 0 spiro atoms. The van der Waals surface area contributed by atoms with Crippen molar-refractivity contribution in [1.82, 2.24) is 0 Å². The van der Waals surface area contributed by atoms with E-state index in [9.17, 15) is 9.59 Å². The van der Waals surface area contributed by atoms with Crippen molar-refractivity contribution in [3.8, 4) is 5.75 Å². The van der Waals surface area contributed by atoms with Gasteiger partial charge in [0.15, 0.2) is 5.78 Å². The van der Waals surface area contributed by atoms with Crippen LogP contribution >= 0.6 is 0 Å². The minimum absolute atomic E-state index is 0.182. The van der Waals surface area contributed by atoms with Gasteiger partial charge in [-0.1, -0.05) is 24.3 Å². The molecule has 152 valence electrons. The van der Waals surface area contributed by atoms with Gasteiger partial charge in [-0.05, 0) is 66.9 Å². The minimum atomic E-state index is -0.189. The van der Waals surface area contributed by atoms with E-state index < -0.39 is 0 Å². The van der Waals surface area contributed by atoms with Crippen molar-refractivity contribution in [3.63, 3.8) is 0 Å². The zero-order valence-corrected chi connectivity index (χ0v) is 17.1. The number of carbonyl (C=O) groups is 2. The van der Waals surface area contributed by atoms with Crippen LogP contribution in [0.4, 0.5) is 11.4 Å². The molecule has 3 aromatic rings. The highest BCUT2D eigenvalue weighted by Crippen LogP contribution is 2.29. The Morgan fingerprint density at radius 1 is 0.967 bits per heavy atom. The number of amides is 1. The number of hydrogen-bond acceptors (Lipinski definition) is 4. The van der Waals surface area contributed by atoms with Crippen LogP contribution in [0.2, 0.25) is 0 Å². The van der Waals surface area contributed by atoms with E-state index >= 15 is 0 Å². The number of benzene rings is 3. The van der Waals surface area contributed by atoms with E-state index in [0.29, 0.717) is 17.7 Å². The first-order valence-corrected chi connectivity index (χ1v) is 10.0. The van der Waals surface area contributed by atoms with Gasteiger partial charge in [0.25, 0.3) is 5.91 Å². The summed E-state index contributed by atoms with van der Waals surface area (Å²) in [5.41, 5.74) is 3.78. The van der Waals surface area contributed by atoms with Crippen LogP contribution in [0.15, 0.2) is 71.9 Å². The van der Waals surface area contributed by atoms with Crippen molar-refractivity contribution >= 4 is 33.8 Å². The lowest BCUT2D eigenvalue weighted by Gasteiger charge is -2.19. The number of allylic oxidation sites excluding steroid dienone is 2. The Labute approximate surface area is 175 Å². The van der Waals surface area contributed by atoms with Crippen molar-refractivity contribution in [2.24, 2.45) is 0 Å². The third-order valence-corrected chi connectivity index (χ3v) is 5.45. The van der Waals surface area contributed by atoms with Crippen LogP contribution in [-0.4, -0.2) is 18.8 Å². The van der Waals surface area contributed by atoms with Gasteiger partial charge in [0.1, 0.15) is 5.75 Å². The summed E-state index contributed by atoms with van der Waals surface area (Å²) in [5, 5.41) is 8.19. The number of nitrogens with one attached hydrogen (secondary N) is 2. The molecule has 1 amide bonds. The van der Waals surface area contributed by atoms with Crippen molar-refractivity contribution in [1.29, 1.82) is 0 Å². The number of hydrogen-bond donors (Lipinski definition) is 2. The maximum Gasteiger partial charge on any atom is 0.256 e. The summed E-state index contributed by atoms with van der Waals surface area (Å²) in [5.74, 6) is 0.725. The topological polar surface area (TPSA) is 67.4 Å². The summed E-state index contributed by atoms with van der Waals surface area (Å²) in [7, 11) is 1.61. The number of fused-ring (bicyclic) bond motifs is 1. The molecule has 30 heavy (non-hydrogen) atoms. The molecule has 0 atom stereocenters. The van der Waals surface area contributed by atoms with Gasteiger partial charge in [-0.3, -0.25) is 9.59 Å². The number of Topliss-reactive ketones (excluding diaryl/α,β-unsaturated/α-hetero) is 1. The fraction of sp³-hybridized carbons (Fsp3) is 0.200. The second-order valence-electron chi connectivity index (χ2n) is 7.43. The summed E-state index contributed by atoms with van der Waals surface area (Å²) >= 11 is 0. The highest BCUT2D eigenvalue weighted by Gasteiger charge is 2.18. The zero-order chi connectivity index (χ0) is 21.1. The average Bonchev–Trinajstić information content (AvgIpc) is 2.77. The predicted octanol–water partition coefficient (Wildman–Crippen LogP) is 5.54. The molecular formula is C25H24N2O3. The van der Waals surface area contributed by atoms with Gasteiger partial charge in [-0.15, -0.1) is 0 Å². The van der Waals surface area contributed by atoms with E-state index in [2.05, 4.69) is 10.6 Å². The van der Waals surface area contributed by atoms with E-state index in [1.54, 1.807) is 19.2 Å². The fourth-order valence-electron chi connectivity index (χ4n) is 3.74. The van der Waals surface area contributed by atoms with E-state index in [-0.39, 0.29) is 11.7 Å². The molecule has 0 aromatic heterocycles. The fourth-order valence-corrected chi connectivity index (χ4v) is 3.74. The van der Waals surface area contributed by atoms with Gasteiger partial charge in [-0.2, -0.15) is 0 Å². The smallest absolute Gasteiger partial charge is 0.256 e. The molecule has 4 rings (SSSR count).